The van der Waals surface area contributed by atoms with E-state index in [4.69, 9.17) is 16.7 Å². The summed E-state index contributed by atoms with van der Waals surface area (Å²) >= 11 is 7.45. The molecule has 1 aromatic carbocycles. The van der Waals surface area contributed by atoms with Crippen molar-refractivity contribution in [2.24, 2.45) is 0 Å². The zero-order valence-electron chi connectivity index (χ0n) is 9.57. The standard InChI is InChI=1S/C12H13ClO3S/c1-7(14)12(13)8-4-3-5-10(17-2)9(8)6-11(15)16/h3-5,12H,6H2,1-2H3,(H,15,16). The Bertz CT molecular complexity index is 445. The number of ketones is 1. The third-order valence-electron chi connectivity index (χ3n) is 2.35. The topological polar surface area (TPSA) is 54.4 Å². The SMILES string of the molecule is CSc1cccc(C(Cl)C(C)=O)c1CC(=O)O. The Morgan fingerprint density at radius 1 is 1.47 bits per heavy atom. The molecule has 1 rings (SSSR count). The number of alkyl halides is 1. The number of thioether (sulfide) groups is 1. The lowest BCUT2D eigenvalue weighted by Gasteiger charge is -2.14. The number of carboxylic acids is 1. The van der Waals surface area contributed by atoms with Crippen LogP contribution in [0.1, 0.15) is 23.4 Å². The van der Waals surface area contributed by atoms with Crippen LogP contribution in [0, 0.1) is 0 Å². The molecule has 0 radical (unpaired) electrons. The van der Waals surface area contributed by atoms with Crippen LogP contribution in [-0.2, 0) is 16.0 Å². The second-order valence-corrected chi connectivity index (χ2v) is 4.86. The van der Waals surface area contributed by atoms with Crippen molar-refractivity contribution in [2.45, 2.75) is 23.6 Å². The Kier molecular flexibility index (Phi) is 5.02. The number of carboxylic acid groups (broad SMARTS) is 1. The zero-order chi connectivity index (χ0) is 13.0. The van der Waals surface area contributed by atoms with Gasteiger partial charge in [-0.05, 0) is 30.4 Å². The van der Waals surface area contributed by atoms with Crippen LogP contribution in [0.15, 0.2) is 23.1 Å². The summed E-state index contributed by atoms with van der Waals surface area (Å²) in [5, 5.41) is 8.11. The van der Waals surface area contributed by atoms with E-state index in [1.54, 1.807) is 12.1 Å². The first-order valence-electron chi connectivity index (χ1n) is 4.99. The number of carbonyl (C=O) groups excluding carboxylic acids is 1. The molecule has 0 bridgehead atoms. The molecule has 3 nitrogen and oxygen atoms in total. The molecule has 0 aromatic heterocycles. The first kappa shape index (κ1) is 14.1. The molecule has 1 aromatic rings. The van der Waals surface area contributed by atoms with Gasteiger partial charge in [-0.3, -0.25) is 9.59 Å². The average Bonchev–Trinajstić information content (AvgIpc) is 2.27. The molecule has 1 atom stereocenters. The molecule has 0 aliphatic rings. The van der Waals surface area contributed by atoms with Crippen LogP contribution in [0.25, 0.3) is 0 Å². The summed E-state index contributed by atoms with van der Waals surface area (Å²) in [4.78, 5) is 23.0. The maximum atomic E-state index is 11.3. The number of Topliss-reactive ketones (excluding diaryl/α,β-unsaturated/α-hetero) is 1. The van der Waals surface area contributed by atoms with Gasteiger partial charge in [0.15, 0.2) is 5.78 Å². The summed E-state index contributed by atoms with van der Waals surface area (Å²) < 4.78 is 0. The highest BCUT2D eigenvalue weighted by Crippen LogP contribution is 2.31. The van der Waals surface area contributed by atoms with E-state index in [1.165, 1.54) is 18.7 Å². The van der Waals surface area contributed by atoms with Gasteiger partial charge in [-0.15, -0.1) is 23.4 Å². The largest absolute Gasteiger partial charge is 0.481 e. The van der Waals surface area contributed by atoms with E-state index < -0.39 is 11.3 Å². The molecule has 0 amide bonds. The van der Waals surface area contributed by atoms with E-state index >= 15 is 0 Å². The molecule has 0 spiro atoms. The van der Waals surface area contributed by atoms with E-state index in [2.05, 4.69) is 0 Å². The third kappa shape index (κ3) is 3.48. The van der Waals surface area contributed by atoms with Gasteiger partial charge in [0.05, 0.1) is 6.42 Å². The molecule has 17 heavy (non-hydrogen) atoms. The number of rotatable bonds is 5. The van der Waals surface area contributed by atoms with Gasteiger partial charge in [-0.2, -0.15) is 0 Å². The lowest BCUT2D eigenvalue weighted by molar-refractivity contribution is -0.136. The second-order valence-electron chi connectivity index (χ2n) is 3.57. The van der Waals surface area contributed by atoms with Crippen LogP contribution in [-0.4, -0.2) is 23.1 Å². The first-order chi connectivity index (χ1) is 7.97. The Hall–Kier alpha value is -1.00. The number of hydrogen-bond donors (Lipinski definition) is 1. The molecule has 0 saturated heterocycles. The highest BCUT2D eigenvalue weighted by molar-refractivity contribution is 7.98. The molecular weight excluding hydrogens is 260 g/mol. The molecule has 0 saturated carbocycles. The minimum absolute atomic E-state index is 0.122. The normalized spacial score (nSPS) is 12.2. The van der Waals surface area contributed by atoms with Crippen LogP contribution < -0.4 is 0 Å². The maximum Gasteiger partial charge on any atom is 0.307 e. The Morgan fingerprint density at radius 3 is 2.59 bits per heavy atom. The van der Waals surface area contributed by atoms with Crippen molar-refractivity contribution in [3.05, 3.63) is 29.3 Å². The molecule has 0 fully saturated rings. The zero-order valence-corrected chi connectivity index (χ0v) is 11.1. The molecule has 0 heterocycles. The van der Waals surface area contributed by atoms with Crippen molar-refractivity contribution in [2.75, 3.05) is 6.26 Å². The van der Waals surface area contributed by atoms with Crippen molar-refractivity contribution in [3.63, 3.8) is 0 Å². The van der Waals surface area contributed by atoms with E-state index in [9.17, 15) is 9.59 Å². The predicted octanol–water partition coefficient (Wildman–Crippen LogP) is 2.90. The number of benzene rings is 1. The van der Waals surface area contributed by atoms with E-state index in [-0.39, 0.29) is 12.2 Å². The molecule has 1 N–H and O–H groups in total. The van der Waals surface area contributed by atoms with Gasteiger partial charge in [0.25, 0.3) is 0 Å². The minimum atomic E-state index is -0.930. The lowest BCUT2D eigenvalue weighted by Crippen LogP contribution is -2.10. The summed E-state index contributed by atoms with van der Waals surface area (Å²) in [6, 6.07) is 5.32. The third-order valence-corrected chi connectivity index (χ3v) is 3.71. The summed E-state index contributed by atoms with van der Waals surface area (Å²) in [7, 11) is 0. The summed E-state index contributed by atoms with van der Waals surface area (Å²) in [6.07, 6.45) is 1.74. The first-order valence-corrected chi connectivity index (χ1v) is 6.65. The average molecular weight is 273 g/mol. The summed E-state index contributed by atoms with van der Waals surface area (Å²) in [6.45, 7) is 1.40. The van der Waals surface area contributed by atoms with Crippen molar-refractivity contribution < 1.29 is 14.7 Å². The smallest absolute Gasteiger partial charge is 0.307 e. The van der Waals surface area contributed by atoms with Gasteiger partial charge in [0.1, 0.15) is 5.38 Å². The van der Waals surface area contributed by atoms with Crippen molar-refractivity contribution in [3.8, 4) is 0 Å². The van der Waals surface area contributed by atoms with Gasteiger partial charge in [-0.25, -0.2) is 0 Å². The number of aliphatic carboxylic acids is 1. The highest BCUT2D eigenvalue weighted by Gasteiger charge is 2.20. The highest BCUT2D eigenvalue weighted by atomic mass is 35.5. The van der Waals surface area contributed by atoms with Crippen LogP contribution >= 0.6 is 23.4 Å². The van der Waals surface area contributed by atoms with Gasteiger partial charge in [0, 0.05) is 4.90 Å². The number of halogens is 1. The van der Waals surface area contributed by atoms with E-state index in [0.717, 1.165) is 4.90 Å². The molecule has 0 aliphatic carbocycles. The fraction of sp³-hybridized carbons (Fsp3) is 0.333. The maximum absolute atomic E-state index is 11.3. The number of hydrogen-bond acceptors (Lipinski definition) is 3. The lowest BCUT2D eigenvalue weighted by atomic mass is 10.00. The Balaban J connectivity index is 3.28. The van der Waals surface area contributed by atoms with Gasteiger partial charge in [0.2, 0.25) is 0 Å². The molecule has 92 valence electrons. The Morgan fingerprint density at radius 2 is 2.12 bits per heavy atom. The van der Waals surface area contributed by atoms with Gasteiger partial charge >= 0.3 is 5.97 Å². The fourth-order valence-corrected chi connectivity index (χ4v) is 2.43. The van der Waals surface area contributed by atoms with E-state index in [1.807, 2.05) is 12.3 Å². The van der Waals surface area contributed by atoms with Crippen LogP contribution in [0.3, 0.4) is 0 Å². The molecule has 1 unspecified atom stereocenters. The van der Waals surface area contributed by atoms with E-state index in [0.29, 0.717) is 11.1 Å². The quantitative estimate of drug-likeness (QED) is 0.661. The monoisotopic (exact) mass is 272 g/mol. The molecular formula is C12H13ClO3S. The predicted molar refractivity (Wildman–Crippen MR) is 68.8 cm³/mol. The summed E-state index contributed by atoms with van der Waals surface area (Å²) in [5.41, 5.74) is 1.22. The minimum Gasteiger partial charge on any atom is -0.481 e. The molecule has 5 heteroatoms. The van der Waals surface area contributed by atoms with Crippen LogP contribution in [0.4, 0.5) is 0 Å². The fourth-order valence-electron chi connectivity index (χ4n) is 1.57. The molecule has 0 aliphatic heterocycles. The van der Waals surface area contributed by atoms with Crippen molar-refractivity contribution >= 4 is 35.1 Å². The number of carbonyl (C=O) groups is 2. The second kappa shape index (κ2) is 6.07. The summed E-state index contributed by atoms with van der Waals surface area (Å²) in [5.74, 6) is -1.11. The van der Waals surface area contributed by atoms with Crippen LogP contribution in [0.5, 0.6) is 0 Å². The van der Waals surface area contributed by atoms with Crippen LogP contribution in [0.2, 0.25) is 0 Å². The Labute approximate surface area is 109 Å². The van der Waals surface area contributed by atoms with Crippen molar-refractivity contribution in [1.29, 1.82) is 0 Å². The van der Waals surface area contributed by atoms with Gasteiger partial charge < -0.3 is 5.11 Å². The van der Waals surface area contributed by atoms with Crippen molar-refractivity contribution in [1.82, 2.24) is 0 Å². The van der Waals surface area contributed by atoms with Gasteiger partial charge in [-0.1, -0.05) is 12.1 Å².